The Hall–Kier alpha value is -1.85. The van der Waals surface area contributed by atoms with Crippen LogP contribution in [0.5, 0.6) is 11.5 Å². The summed E-state index contributed by atoms with van der Waals surface area (Å²) in [5.74, 6) is -2.18. The summed E-state index contributed by atoms with van der Waals surface area (Å²) in [6.07, 6.45) is 0. The molecule has 0 heterocycles. The van der Waals surface area contributed by atoms with Crippen LogP contribution in [-0.4, -0.2) is 22.8 Å². The quantitative estimate of drug-likeness (QED) is 0.814. The van der Waals surface area contributed by atoms with Crippen molar-refractivity contribution in [3.8, 4) is 11.5 Å². The Kier molecular flexibility index (Phi) is 3.08. The molecule has 0 aliphatic carbocycles. The number of ether oxygens (including phenoxy) is 1. The number of carboxylic acids is 1. The van der Waals surface area contributed by atoms with Gasteiger partial charge in [-0.25, -0.2) is 4.79 Å². The first-order chi connectivity index (χ1) is 6.91. The minimum Gasteiger partial charge on any atom is -0.507 e. The van der Waals surface area contributed by atoms with E-state index >= 15 is 0 Å². The molecule has 0 saturated carbocycles. The molecule has 0 saturated heterocycles. The summed E-state index contributed by atoms with van der Waals surface area (Å²) >= 11 is 0. The number of benzene rings is 1. The molecule has 4 nitrogen and oxygen atoms in total. The van der Waals surface area contributed by atoms with Gasteiger partial charge in [0.2, 0.25) is 0 Å². The lowest BCUT2D eigenvalue weighted by Gasteiger charge is -2.09. The number of phenols is 1. The van der Waals surface area contributed by atoms with E-state index in [-0.39, 0.29) is 16.9 Å². The molecule has 15 heavy (non-hydrogen) atoms. The molecule has 0 bridgehead atoms. The van der Waals surface area contributed by atoms with Gasteiger partial charge < -0.3 is 14.9 Å². The number of hydrogen-bond acceptors (Lipinski definition) is 3. The third-order valence-corrected chi connectivity index (χ3v) is 1.74. The van der Waals surface area contributed by atoms with Crippen molar-refractivity contribution in [1.82, 2.24) is 0 Å². The van der Waals surface area contributed by atoms with Gasteiger partial charge in [0.25, 0.3) is 0 Å². The highest BCUT2D eigenvalue weighted by Crippen LogP contribution is 2.28. The van der Waals surface area contributed by atoms with E-state index in [0.29, 0.717) is 0 Å². The molecule has 0 fully saturated rings. The number of carbonyl (C=O) groups is 1. The number of aromatic carboxylic acids is 1. The fourth-order valence-corrected chi connectivity index (χ4v) is 1.07. The Morgan fingerprint density at radius 3 is 2.53 bits per heavy atom. The summed E-state index contributed by atoms with van der Waals surface area (Å²) in [4.78, 5) is 10.6. The molecular formula is C9H8F2O4. The molecule has 1 aromatic rings. The van der Waals surface area contributed by atoms with Gasteiger partial charge in [0.1, 0.15) is 17.1 Å². The Balaban J connectivity index is 3.13. The SMILES string of the molecule is Cc1cc(C(=O)O)c(O)cc1OC(F)F. The molecule has 0 spiro atoms. The van der Waals surface area contributed by atoms with Crippen LogP contribution in [0.4, 0.5) is 8.78 Å². The van der Waals surface area contributed by atoms with Crippen molar-refractivity contribution in [3.63, 3.8) is 0 Å². The molecule has 82 valence electrons. The molecule has 6 heteroatoms. The van der Waals surface area contributed by atoms with Gasteiger partial charge in [0, 0.05) is 6.07 Å². The molecule has 0 aliphatic rings. The van der Waals surface area contributed by atoms with E-state index < -0.39 is 18.3 Å². The number of rotatable bonds is 3. The van der Waals surface area contributed by atoms with Crippen molar-refractivity contribution in [2.75, 3.05) is 0 Å². The van der Waals surface area contributed by atoms with Crippen LogP contribution < -0.4 is 4.74 Å². The van der Waals surface area contributed by atoms with Gasteiger partial charge in [-0.3, -0.25) is 0 Å². The molecule has 1 rings (SSSR count). The summed E-state index contributed by atoms with van der Waals surface area (Å²) in [6.45, 7) is -1.61. The fraction of sp³-hybridized carbons (Fsp3) is 0.222. The van der Waals surface area contributed by atoms with Crippen molar-refractivity contribution >= 4 is 5.97 Å². The van der Waals surface area contributed by atoms with Crippen molar-refractivity contribution in [2.24, 2.45) is 0 Å². The second-order valence-electron chi connectivity index (χ2n) is 2.82. The number of alkyl halides is 2. The highest BCUT2D eigenvalue weighted by atomic mass is 19.3. The number of halogens is 2. The molecule has 0 radical (unpaired) electrons. The zero-order valence-corrected chi connectivity index (χ0v) is 7.70. The van der Waals surface area contributed by atoms with Crippen molar-refractivity contribution in [2.45, 2.75) is 13.5 Å². The van der Waals surface area contributed by atoms with Crippen molar-refractivity contribution in [1.29, 1.82) is 0 Å². The fourth-order valence-electron chi connectivity index (χ4n) is 1.07. The lowest BCUT2D eigenvalue weighted by molar-refractivity contribution is -0.0503. The van der Waals surface area contributed by atoms with E-state index in [0.717, 1.165) is 12.1 Å². The van der Waals surface area contributed by atoms with Crippen molar-refractivity contribution in [3.05, 3.63) is 23.3 Å². The third-order valence-electron chi connectivity index (χ3n) is 1.74. The topological polar surface area (TPSA) is 66.8 Å². The molecule has 1 aromatic carbocycles. The van der Waals surface area contributed by atoms with Gasteiger partial charge in [0.05, 0.1) is 0 Å². The Morgan fingerprint density at radius 1 is 1.47 bits per heavy atom. The molecule has 0 aromatic heterocycles. The van der Waals surface area contributed by atoms with Crippen LogP contribution in [0.1, 0.15) is 15.9 Å². The van der Waals surface area contributed by atoms with Gasteiger partial charge in [-0.2, -0.15) is 8.78 Å². The monoisotopic (exact) mass is 218 g/mol. The van der Waals surface area contributed by atoms with Gasteiger partial charge in [-0.1, -0.05) is 0 Å². The maximum Gasteiger partial charge on any atom is 0.387 e. The van der Waals surface area contributed by atoms with E-state index in [1.54, 1.807) is 0 Å². The first-order valence-corrected chi connectivity index (χ1v) is 3.93. The Morgan fingerprint density at radius 2 is 2.07 bits per heavy atom. The van der Waals surface area contributed by atoms with E-state index in [1.165, 1.54) is 6.92 Å². The van der Waals surface area contributed by atoms with Crippen LogP contribution in [0.3, 0.4) is 0 Å². The van der Waals surface area contributed by atoms with Gasteiger partial charge in [-0.15, -0.1) is 0 Å². The molecule has 0 unspecified atom stereocenters. The average molecular weight is 218 g/mol. The molecule has 0 atom stereocenters. The summed E-state index contributed by atoms with van der Waals surface area (Å²) in [5, 5.41) is 17.8. The summed E-state index contributed by atoms with van der Waals surface area (Å²) in [6, 6.07) is 1.92. The van der Waals surface area contributed by atoms with E-state index in [1.807, 2.05) is 0 Å². The van der Waals surface area contributed by atoms with Crippen LogP contribution in [0.15, 0.2) is 12.1 Å². The van der Waals surface area contributed by atoms with Crippen LogP contribution in [0.25, 0.3) is 0 Å². The minimum atomic E-state index is -3.02. The largest absolute Gasteiger partial charge is 0.507 e. The third kappa shape index (κ3) is 2.55. The second kappa shape index (κ2) is 4.12. The zero-order chi connectivity index (χ0) is 11.6. The molecule has 0 amide bonds. The summed E-state index contributed by atoms with van der Waals surface area (Å²) in [5.41, 5.74) is -0.139. The standard InChI is InChI=1S/C9H8F2O4/c1-4-2-5(8(13)14)6(12)3-7(4)15-9(10)11/h2-3,9,12H,1H3,(H,13,14). The van der Waals surface area contributed by atoms with E-state index in [9.17, 15) is 18.7 Å². The summed E-state index contributed by atoms with van der Waals surface area (Å²) in [7, 11) is 0. The number of aromatic hydroxyl groups is 1. The maximum atomic E-state index is 11.9. The predicted molar refractivity (Wildman–Crippen MR) is 46.4 cm³/mol. The van der Waals surface area contributed by atoms with Crippen LogP contribution in [0.2, 0.25) is 0 Å². The molecular weight excluding hydrogens is 210 g/mol. The molecule has 0 aliphatic heterocycles. The van der Waals surface area contributed by atoms with Crippen LogP contribution >= 0.6 is 0 Å². The number of aryl methyl sites for hydroxylation is 1. The number of carboxylic acid groups (broad SMARTS) is 1. The molecule has 2 N–H and O–H groups in total. The second-order valence-corrected chi connectivity index (χ2v) is 2.82. The smallest absolute Gasteiger partial charge is 0.387 e. The highest BCUT2D eigenvalue weighted by molar-refractivity contribution is 5.91. The zero-order valence-electron chi connectivity index (χ0n) is 7.70. The minimum absolute atomic E-state index is 0.213. The lowest BCUT2D eigenvalue weighted by atomic mass is 10.1. The Bertz CT molecular complexity index is 390. The van der Waals surface area contributed by atoms with Crippen molar-refractivity contribution < 1.29 is 28.5 Å². The maximum absolute atomic E-state index is 11.9. The summed E-state index contributed by atoms with van der Waals surface area (Å²) < 4.78 is 27.8. The predicted octanol–water partition coefficient (Wildman–Crippen LogP) is 2.00. The normalized spacial score (nSPS) is 10.4. The van der Waals surface area contributed by atoms with Gasteiger partial charge in [0.15, 0.2) is 0 Å². The lowest BCUT2D eigenvalue weighted by Crippen LogP contribution is -2.05. The first-order valence-electron chi connectivity index (χ1n) is 3.93. The highest BCUT2D eigenvalue weighted by Gasteiger charge is 2.15. The van der Waals surface area contributed by atoms with E-state index in [4.69, 9.17) is 5.11 Å². The van der Waals surface area contributed by atoms with E-state index in [2.05, 4.69) is 4.74 Å². The van der Waals surface area contributed by atoms with Gasteiger partial charge in [-0.05, 0) is 18.6 Å². The van der Waals surface area contributed by atoms with Crippen LogP contribution in [0, 0.1) is 6.92 Å². The van der Waals surface area contributed by atoms with Gasteiger partial charge >= 0.3 is 12.6 Å². The first kappa shape index (κ1) is 11.2. The average Bonchev–Trinajstić information content (AvgIpc) is 2.09. The van der Waals surface area contributed by atoms with Crippen LogP contribution in [-0.2, 0) is 0 Å². The number of hydrogen-bond donors (Lipinski definition) is 2. The Labute approximate surface area is 83.7 Å².